The van der Waals surface area contributed by atoms with Gasteiger partial charge in [0, 0.05) is 18.3 Å². The molecule has 1 aromatic heterocycles. The molecule has 0 bridgehead atoms. The van der Waals surface area contributed by atoms with Gasteiger partial charge in [0.05, 0.1) is 12.2 Å². The van der Waals surface area contributed by atoms with Gasteiger partial charge in [-0.1, -0.05) is 30.3 Å². The Balaban J connectivity index is 2.06. The summed E-state index contributed by atoms with van der Waals surface area (Å²) in [5, 5.41) is 9.20. The fourth-order valence-electron chi connectivity index (χ4n) is 1.81. The average Bonchev–Trinajstić information content (AvgIpc) is 2.82. The van der Waals surface area contributed by atoms with E-state index in [1.54, 1.807) is 12.5 Å². The summed E-state index contributed by atoms with van der Waals surface area (Å²) < 4.78 is 0. The van der Waals surface area contributed by atoms with Crippen molar-refractivity contribution in [3.05, 3.63) is 54.1 Å². The molecule has 0 aliphatic heterocycles. The normalized spacial score (nSPS) is 12.2. The number of carboxylic acids is 1. The highest BCUT2D eigenvalue weighted by atomic mass is 16.4. The van der Waals surface area contributed by atoms with E-state index in [-0.39, 0.29) is 0 Å². The van der Waals surface area contributed by atoms with Gasteiger partial charge in [0.25, 0.3) is 0 Å². The summed E-state index contributed by atoms with van der Waals surface area (Å²) in [6.07, 6.45) is 4.25. The van der Waals surface area contributed by atoms with Crippen molar-refractivity contribution < 1.29 is 9.90 Å². The predicted molar refractivity (Wildman–Crippen MR) is 63.6 cm³/mol. The van der Waals surface area contributed by atoms with Crippen LogP contribution < -0.4 is 0 Å². The zero-order valence-electron chi connectivity index (χ0n) is 9.34. The van der Waals surface area contributed by atoms with Crippen molar-refractivity contribution in [3.63, 3.8) is 0 Å². The third-order valence-corrected chi connectivity index (χ3v) is 2.70. The maximum absolute atomic E-state index is 11.2. The Hall–Kier alpha value is -2.10. The third kappa shape index (κ3) is 3.17. The second kappa shape index (κ2) is 5.30. The number of rotatable bonds is 5. The Morgan fingerprint density at radius 3 is 2.65 bits per heavy atom. The van der Waals surface area contributed by atoms with Crippen molar-refractivity contribution >= 4 is 5.97 Å². The Kier molecular flexibility index (Phi) is 3.55. The van der Waals surface area contributed by atoms with E-state index in [1.165, 1.54) is 0 Å². The third-order valence-electron chi connectivity index (χ3n) is 2.70. The molecule has 1 unspecified atom stereocenters. The zero-order chi connectivity index (χ0) is 12.1. The minimum absolute atomic E-state index is 0.419. The number of nitrogens with zero attached hydrogens (tertiary/aromatic N) is 1. The van der Waals surface area contributed by atoms with Gasteiger partial charge >= 0.3 is 5.97 Å². The fourth-order valence-corrected chi connectivity index (χ4v) is 1.81. The molecule has 4 nitrogen and oxygen atoms in total. The zero-order valence-corrected chi connectivity index (χ0v) is 9.34. The number of hydrogen-bond donors (Lipinski definition) is 2. The van der Waals surface area contributed by atoms with Crippen molar-refractivity contribution in [1.82, 2.24) is 9.97 Å². The Bertz CT molecular complexity index is 465. The van der Waals surface area contributed by atoms with Gasteiger partial charge in [-0.15, -0.1) is 0 Å². The molecule has 1 aromatic carbocycles. The lowest BCUT2D eigenvalue weighted by Crippen LogP contribution is -2.19. The average molecular weight is 230 g/mol. The second-order valence-corrected chi connectivity index (χ2v) is 4.01. The van der Waals surface area contributed by atoms with Crippen LogP contribution in [0.25, 0.3) is 0 Å². The first-order valence-electron chi connectivity index (χ1n) is 5.49. The van der Waals surface area contributed by atoms with Gasteiger partial charge in [0.2, 0.25) is 0 Å². The van der Waals surface area contributed by atoms with Crippen LogP contribution in [-0.4, -0.2) is 21.0 Å². The van der Waals surface area contributed by atoms with Crippen LogP contribution in [-0.2, 0) is 17.6 Å². The number of nitrogens with one attached hydrogen (secondary N) is 1. The molecule has 0 saturated heterocycles. The molecule has 17 heavy (non-hydrogen) atoms. The number of hydrogen-bond acceptors (Lipinski definition) is 2. The Morgan fingerprint density at radius 1 is 1.29 bits per heavy atom. The van der Waals surface area contributed by atoms with Gasteiger partial charge in [-0.3, -0.25) is 4.79 Å². The lowest BCUT2D eigenvalue weighted by molar-refractivity contribution is -0.141. The molecule has 0 amide bonds. The molecule has 88 valence electrons. The standard InChI is InChI=1S/C13H14N2O2/c16-13(17)11(7-12-8-14-9-15-12)6-10-4-2-1-3-5-10/h1-5,8-9,11H,6-7H2,(H,14,15)(H,16,17). The van der Waals surface area contributed by atoms with Crippen LogP contribution in [0.5, 0.6) is 0 Å². The van der Waals surface area contributed by atoms with Crippen LogP contribution in [0.3, 0.4) is 0 Å². The smallest absolute Gasteiger partial charge is 0.307 e. The number of carbonyl (C=O) groups is 1. The summed E-state index contributed by atoms with van der Waals surface area (Å²) in [7, 11) is 0. The summed E-state index contributed by atoms with van der Waals surface area (Å²) >= 11 is 0. The van der Waals surface area contributed by atoms with Crippen molar-refractivity contribution in [2.24, 2.45) is 5.92 Å². The molecule has 0 aliphatic rings. The van der Waals surface area contributed by atoms with Gasteiger partial charge in [-0.25, -0.2) is 4.98 Å². The van der Waals surface area contributed by atoms with E-state index < -0.39 is 11.9 Å². The molecule has 0 radical (unpaired) electrons. The van der Waals surface area contributed by atoms with Crippen molar-refractivity contribution in [2.45, 2.75) is 12.8 Å². The largest absolute Gasteiger partial charge is 0.481 e. The monoisotopic (exact) mass is 230 g/mol. The second-order valence-electron chi connectivity index (χ2n) is 4.01. The first kappa shape index (κ1) is 11.4. The number of aliphatic carboxylic acids is 1. The molecule has 0 fully saturated rings. The summed E-state index contributed by atoms with van der Waals surface area (Å²) in [6.45, 7) is 0. The number of carboxylic acid groups (broad SMARTS) is 1. The summed E-state index contributed by atoms with van der Waals surface area (Å²) in [5.74, 6) is -1.19. The molecule has 0 spiro atoms. The van der Waals surface area contributed by atoms with Gasteiger partial charge in [-0.05, 0) is 12.0 Å². The van der Waals surface area contributed by atoms with Crippen molar-refractivity contribution in [2.75, 3.05) is 0 Å². The fraction of sp³-hybridized carbons (Fsp3) is 0.231. The van der Waals surface area contributed by atoms with Crippen molar-refractivity contribution in [1.29, 1.82) is 0 Å². The maximum Gasteiger partial charge on any atom is 0.307 e. The van der Waals surface area contributed by atoms with E-state index in [9.17, 15) is 9.90 Å². The van der Waals surface area contributed by atoms with Gasteiger partial charge in [0.15, 0.2) is 0 Å². The Labute approximate surface area is 99.3 Å². The molecule has 2 rings (SSSR count). The quantitative estimate of drug-likeness (QED) is 0.824. The Morgan fingerprint density at radius 2 is 2.06 bits per heavy atom. The summed E-state index contributed by atoms with van der Waals surface area (Å²) in [5.41, 5.74) is 1.90. The van der Waals surface area contributed by atoms with Crippen LogP contribution in [0, 0.1) is 5.92 Å². The minimum atomic E-state index is -0.775. The highest BCUT2D eigenvalue weighted by Crippen LogP contribution is 2.13. The van der Waals surface area contributed by atoms with Crippen molar-refractivity contribution in [3.8, 4) is 0 Å². The molecule has 2 aromatic rings. The minimum Gasteiger partial charge on any atom is -0.481 e. The number of aromatic amines is 1. The van der Waals surface area contributed by atoms with Crippen LogP contribution >= 0.6 is 0 Å². The first-order chi connectivity index (χ1) is 8.25. The van der Waals surface area contributed by atoms with E-state index in [1.807, 2.05) is 30.3 Å². The molecular formula is C13H14N2O2. The molecule has 0 aliphatic carbocycles. The number of H-pyrrole nitrogens is 1. The lowest BCUT2D eigenvalue weighted by Gasteiger charge is -2.11. The summed E-state index contributed by atoms with van der Waals surface area (Å²) in [4.78, 5) is 18.0. The van der Waals surface area contributed by atoms with E-state index in [2.05, 4.69) is 9.97 Å². The highest BCUT2D eigenvalue weighted by Gasteiger charge is 2.19. The molecule has 1 heterocycles. The molecular weight excluding hydrogens is 216 g/mol. The molecule has 0 saturated carbocycles. The van der Waals surface area contributed by atoms with Crippen LogP contribution in [0.1, 0.15) is 11.3 Å². The number of benzene rings is 1. The SMILES string of the molecule is O=C(O)C(Cc1ccccc1)Cc1cnc[nH]1. The van der Waals surface area contributed by atoms with Gasteiger partial charge < -0.3 is 10.1 Å². The van der Waals surface area contributed by atoms with Gasteiger partial charge in [-0.2, -0.15) is 0 Å². The first-order valence-corrected chi connectivity index (χ1v) is 5.49. The number of imidazole rings is 1. The topological polar surface area (TPSA) is 66.0 Å². The van der Waals surface area contributed by atoms with Crippen LogP contribution in [0.15, 0.2) is 42.9 Å². The van der Waals surface area contributed by atoms with E-state index in [0.717, 1.165) is 11.3 Å². The van der Waals surface area contributed by atoms with E-state index in [4.69, 9.17) is 0 Å². The van der Waals surface area contributed by atoms with E-state index in [0.29, 0.717) is 12.8 Å². The van der Waals surface area contributed by atoms with Crippen LogP contribution in [0.2, 0.25) is 0 Å². The molecule has 4 heteroatoms. The predicted octanol–water partition coefficient (Wildman–Crippen LogP) is 1.90. The molecule has 2 N–H and O–H groups in total. The van der Waals surface area contributed by atoms with E-state index >= 15 is 0 Å². The summed E-state index contributed by atoms with van der Waals surface area (Å²) in [6, 6.07) is 9.66. The lowest BCUT2D eigenvalue weighted by atomic mass is 9.95. The van der Waals surface area contributed by atoms with Gasteiger partial charge in [0.1, 0.15) is 0 Å². The van der Waals surface area contributed by atoms with Crippen LogP contribution in [0.4, 0.5) is 0 Å². The number of aromatic nitrogens is 2. The highest BCUT2D eigenvalue weighted by molar-refractivity contribution is 5.70. The maximum atomic E-state index is 11.2. The molecule has 1 atom stereocenters.